The number of carbonyl (C=O) groups is 3. The third-order valence-electron chi connectivity index (χ3n) is 5.27. The fourth-order valence-corrected chi connectivity index (χ4v) is 4.61. The average Bonchev–Trinajstić information content (AvgIpc) is 3.42. The van der Waals surface area contributed by atoms with Crippen molar-refractivity contribution in [1.82, 2.24) is 14.9 Å². The molecule has 2 aromatic rings. The first kappa shape index (κ1) is 23.0. The molecule has 2 fully saturated rings. The quantitative estimate of drug-likeness (QED) is 0.727. The van der Waals surface area contributed by atoms with Gasteiger partial charge in [0.05, 0.1) is 24.2 Å². The van der Waals surface area contributed by atoms with Gasteiger partial charge in [0.2, 0.25) is 5.91 Å². The Bertz CT molecular complexity index is 1050. The number of hydrogen-bond donors (Lipinski definition) is 1. The summed E-state index contributed by atoms with van der Waals surface area (Å²) in [6, 6.07) is 1.81. The number of ether oxygens (including phenoxy) is 1. The van der Waals surface area contributed by atoms with Crippen LogP contribution >= 0.6 is 11.3 Å². The van der Waals surface area contributed by atoms with Crippen molar-refractivity contribution in [2.75, 3.05) is 41.4 Å². The van der Waals surface area contributed by atoms with Crippen molar-refractivity contribution in [2.45, 2.75) is 45.6 Å². The Kier molecular flexibility index (Phi) is 6.50. The summed E-state index contributed by atoms with van der Waals surface area (Å²) >= 11 is 1.28. The van der Waals surface area contributed by atoms with Crippen LogP contribution in [0.4, 0.5) is 21.3 Å². The van der Waals surface area contributed by atoms with Crippen LogP contribution in [-0.2, 0) is 9.53 Å². The second kappa shape index (κ2) is 9.34. The van der Waals surface area contributed by atoms with Crippen LogP contribution in [0.15, 0.2) is 23.8 Å². The van der Waals surface area contributed by atoms with Gasteiger partial charge in [-0.25, -0.2) is 9.78 Å². The van der Waals surface area contributed by atoms with E-state index in [2.05, 4.69) is 15.3 Å². The molecule has 176 valence electrons. The fourth-order valence-electron chi connectivity index (χ4n) is 3.76. The molecule has 0 bridgehead atoms. The van der Waals surface area contributed by atoms with Gasteiger partial charge in [-0.15, -0.1) is 11.3 Å². The highest BCUT2D eigenvalue weighted by Gasteiger charge is 2.28. The zero-order valence-corrected chi connectivity index (χ0v) is 19.9. The Hall–Kier alpha value is -3.21. The van der Waals surface area contributed by atoms with Crippen molar-refractivity contribution >= 4 is 45.8 Å². The number of anilines is 3. The Balaban J connectivity index is 1.46. The lowest BCUT2D eigenvalue weighted by molar-refractivity contribution is -0.117. The second-order valence-electron chi connectivity index (χ2n) is 9.01. The fraction of sp³-hybridized carbons (Fsp3) is 0.500. The molecule has 2 saturated heterocycles. The van der Waals surface area contributed by atoms with E-state index in [1.807, 2.05) is 31.7 Å². The van der Waals surface area contributed by atoms with E-state index in [9.17, 15) is 14.4 Å². The summed E-state index contributed by atoms with van der Waals surface area (Å²) in [4.78, 5) is 51.2. The van der Waals surface area contributed by atoms with Gasteiger partial charge in [-0.2, -0.15) is 0 Å². The molecule has 0 unspecified atom stereocenters. The highest BCUT2D eigenvalue weighted by atomic mass is 32.1. The Morgan fingerprint density at radius 2 is 2.00 bits per heavy atom. The highest BCUT2D eigenvalue weighted by Crippen LogP contribution is 2.29. The lowest BCUT2D eigenvalue weighted by Gasteiger charge is -2.38. The molecule has 2 aromatic heterocycles. The molecule has 0 aromatic carbocycles. The van der Waals surface area contributed by atoms with Gasteiger partial charge < -0.3 is 15.0 Å². The second-order valence-corrected chi connectivity index (χ2v) is 9.85. The zero-order chi connectivity index (χ0) is 23.6. The van der Waals surface area contributed by atoms with Crippen molar-refractivity contribution in [3.8, 4) is 0 Å². The van der Waals surface area contributed by atoms with Crippen molar-refractivity contribution in [3.05, 3.63) is 29.5 Å². The van der Waals surface area contributed by atoms with Crippen LogP contribution in [0.5, 0.6) is 0 Å². The van der Waals surface area contributed by atoms with Gasteiger partial charge in [-0.3, -0.25) is 24.4 Å². The minimum Gasteiger partial charge on any atom is -0.444 e. The molecule has 33 heavy (non-hydrogen) atoms. The third-order valence-corrected chi connectivity index (χ3v) is 6.13. The molecule has 4 heterocycles. The van der Waals surface area contributed by atoms with E-state index < -0.39 is 5.60 Å². The van der Waals surface area contributed by atoms with Crippen LogP contribution in [-0.4, -0.2) is 64.7 Å². The van der Waals surface area contributed by atoms with Crippen LogP contribution in [0.3, 0.4) is 0 Å². The van der Waals surface area contributed by atoms with E-state index in [-0.39, 0.29) is 23.6 Å². The molecule has 2 aliphatic rings. The number of pyridine rings is 1. The van der Waals surface area contributed by atoms with Gasteiger partial charge in [0.1, 0.15) is 11.3 Å². The van der Waals surface area contributed by atoms with Crippen LogP contribution in [0, 0.1) is 0 Å². The molecule has 3 amide bonds. The summed E-state index contributed by atoms with van der Waals surface area (Å²) in [5.41, 5.74) is 0.969. The molecule has 0 spiro atoms. The van der Waals surface area contributed by atoms with E-state index in [1.165, 1.54) is 11.3 Å². The summed E-state index contributed by atoms with van der Waals surface area (Å²) in [5.74, 6) is -0.343. The molecular formula is C22H28N6O4S. The highest BCUT2D eigenvalue weighted by molar-refractivity contribution is 7.14. The maximum Gasteiger partial charge on any atom is 0.411 e. The maximum atomic E-state index is 12.9. The van der Waals surface area contributed by atoms with E-state index in [4.69, 9.17) is 4.74 Å². The first-order valence-electron chi connectivity index (χ1n) is 11.0. The van der Waals surface area contributed by atoms with Crippen LogP contribution in [0.2, 0.25) is 0 Å². The first-order valence-corrected chi connectivity index (χ1v) is 11.8. The summed E-state index contributed by atoms with van der Waals surface area (Å²) < 4.78 is 5.51. The van der Waals surface area contributed by atoms with E-state index in [1.54, 1.807) is 27.6 Å². The molecule has 1 N–H and O–H groups in total. The molecule has 0 atom stereocenters. The molecule has 0 radical (unpaired) electrons. The first-order chi connectivity index (χ1) is 15.7. The number of nitrogens with one attached hydrogen (secondary N) is 1. The van der Waals surface area contributed by atoms with Crippen LogP contribution < -0.4 is 15.1 Å². The molecule has 4 rings (SSSR count). The number of rotatable bonds is 4. The number of amides is 3. The van der Waals surface area contributed by atoms with Crippen LogP contribution in [0.1, 0.15) is 50.5 Å². The summed E-state index contributed by atoms with van der Waals surface area (Å²) in [6.07, 6.45) is 4.95. The Morgan fingerprint density at radius 3 is 2.73 bits per heavy atom. The molecule has 2 aliphatic heterocycles. The number of nitrogens with zero attached hydrogens (tertiary/aromatic N) is 5. The smallest absolute Gasteiger partial charge is 0.411 e. The van der Waals surface area contributed by atoms with Crippen molar-refractivity contribution < 1.29 is 19.1 Å². The summed E-state index contributed by atoms with van der Waals surface area (Å²) in [6.45, 7) is 7.83. The average molecular weight is 473 g/mol. The van der Waals surface area contributed by atoms with Crippen molar-refractivity contribution in [3.63, 3.8) is 0 Å². The van der Waals surface area contributed by atoms with Gasteiger partial charge in [0.25, 0.3) is 5.91 Å². The van der Waals surface area contributed by atoms with Gasteiger partial charge >= 0.3 is 6.09 Å². The lowest BCUT2D eigenvalue weighted by atomic mass is 10.2. The van der Waals surface area contributed by atoms with Crippen LogP contribution in [0.25, 0.3) is 0 Å². The topological polar surface area (TPSA) is 108 Å². The number of aromatic nitrogens is 2. The number of thiazole rings is 1. The minimum atomic E-state index is -0.568. The standard InChI is InChI=1S/C22H28N6O4S/c1-22(2,3)32-21(31)27-10-5-9-26(14-27)17-7-8-23-12-15(17)24-19(30)16-13-33-20(25-16)28-11-4-6-18(28)29/h7-8,12-13H,4-6,9-11,14H2,1-3H3,(H,24,30). The summed E-state index contributed by atoms with van der Waals surface area (Å²) in [7, 11) is 0. The molecule has 10 nitrogen and oxygen atoms in total. The largest absolute Gasteiger partial charge is 0.444 e. The van der Waals surface area contributed by atoms with Gasteiger partial charge in [-0.05, 0) is 39.7 Å². The number of carbonyl (C=O) groups excluding carboxylic acids is 3. The zero-order valence-electron chi connectivity index (χ0n) is 19.0. The normalized spacial score (nSPS) is 16.8. The SMILES string of the molecule is CC(C)(C)OC(=O)N1CCCN(c2ccncc2NC(=O)c2csc(N3CCCC3=O)n2)C1. The van der Waals surface area contributed by atoms with E-state index >= 15 is 0 Å². The van der Waals surface area contributed by atoms with Gasteiger partial charge in [-0.1, -0.05) is 0 Å². The predicted octanol–water partition coefficient (Wildman–Crippen LogP) is 3.32. The molecule has 0 saturated carbocycles. The molecule has 0 aliphatic carbocycles. The predicted molar refractivity (Wildman–Crippen MR) is 126 cm³/mol. The van der Waals surface area contributed by atoms with E-state index in [0.717, 1.165) is 25.1 Å². The van der Waals surface area contributed by atoms with Gasteiger partial charge in [0, 0.05) is 37.6 Å². The number of hydrogen-bond acceptors (Lipinski definition) is 8. The Labute approximate surface area is 196 Å². The Morgan fingerprint density at radius 1 is 1.18 bits per heavy atom. The van der Waals surface area contributed by atoms with Crippen molar-refractivity contribution in [2.24, 2.45) is 0 Å². The third kappa shape index (κ3) is 5.41. The van der Waals surface area contributed by atoms with Crippen molar-refractivity contribution in [1.29, 1.82) is 0 Å². The molecule has 11 heteroatoms. The lowest BCUT2D eigenvalue weighted by Crippen LogP contribution is -2.49. The minimum absolute atomic E-state index is 0.0329. The maximum absolute atomic E-state index is 12.9. The molecular weight excluding hydrogens is 444 g/mol. The monoisotopic (exact) mass is 472 g/mol. The van der Waals surface area contributed by atoms with Gasteiger partial charge in [0.15, 0.2) is 5.13 Å². The van der Waals surface area contributed by atoms with E-state index in [0.29, 0.717) is 37.0 Å². The summed E-state index contributed by atoms with van der Waals surface area (Å²) in [5, 5.41) is 5.07.